The Bertz CT molecular complexity index is 142. The number of rotatable bonds is 4. The molecule has 1 heterocycles. The minimum absolute atomic E-state index is 0.0236. The second-order valence-electron chi connectivity index (χ2n) is 3.65. The van der Waals surface area contributed by atoms with E-state index in [-0.39, 0.29) is 24.2 Å². The van der Waals surface area contributed by atoms with Crippen LogP contribution in [0, 0.1) is 5.92 Å². The van der Waals surface area contributed by atoms with Gasteiger partial charge in [0.2, 0.25) is 0 Å². The molecule has 0 aromatic rings. The lowest BCUT2D eigenvalue weighted by Gasteiger charge is -2.33. The highest BCUT2D eigenvalue weighted by Gasteiger charge is 2.29. The number of aliphatic hydroxyl groups excluding tert-OH is 2. The lowest BCUT2D eigenvalue weighted by molar-refractivity contribution is -0.0908. The third-order valence-corrected chi connectivity index (χ3v) is 4.44. The molecule has 0 saturated carbocycles. The van der Waals surface area contributed by atoms with Gasteiger partial charge in [0, 0.05) is 14.8 Å². The molecule has 4 unspecified atom stereocenters. The molecule has 3 nitrogen and oxygen atoms in total. The fourth-order valence-corrected chi connectivity index (χ4v) is 2.91. The van der Waals surface area contributed by atoms with Crippen LogP contribution in [0.5, 0.6) is 0 Å². The standard InChI is InChI=1S/C9H16I2O3/c10-3-7(12)6-1-2-9(14-5-6)8(13)4-11/h6-9,12-13H,1-5H2. The summed E-state index contributed by atoms with van der Waals surface area (Å²) in [6, 6.07) is 0. The normalized spacial score (nSPS) is 32.6. The van der Waals surface area contributed by atoms with Crippen molar-refractivity contribution in [1.82, 2.24) is 0 Å². The van der Waals surface area contributed by atoms with Crippen molar-refractivity contribution in [2.45, 2.75) is 31.2 Å². The quantitative estimate of drug-likeness (QED) is 0.528. The van der Waals surface area contributed by atoms with E-state index < -0.39 is 0 Å². The number of halogens is 2. The number of hydrogen-bond donors (Lipinski definition) is 2. The Morgan fingerprint density at radius 1 is 1.14 bits per heavy atom. The van der Waals surface area contributed by atoms with E-state index >= 15 is 0 Å². The maximum atomic E-state index is 9.61. The van der Waals surface area contributed by atoms with Crippen molar-refractivity contribution >= 4 is 45.2 Å². The van der Waals surface area contributed by atoms with Crippen molar-refractivity contribution in [3.8, 4) is 0 Å². The van der Waals surface area contributed by atoms with Crippen LogP contribution in [0.3, 0.4) is 0 Å². The highest BCUT2D eigenvalue weighted by molar-refractivity contribution is 14.1. The summed E-state index contributed by atoms with van der Waals surface area (Å²) in [6.45, 7) is 0.586. The first-order valence-electron chi connectivity index (χ1n) is 4.78. The van der Waals surface area contributed by atoms with E-state index in [1.54, 1.807) is 0 Å². The molecule has 0 spiro atoms. The van der Waals surface area contributed by atoms with Gasteiger partial charge in [-0.2, -0.15) is 0 Å². The molecule has 1 fully saturated rings. The van der Waals surface area contributed by atoms with Crippen molar-refractivity contribution < 1.29 is 14.9 Å². The minimum Gasteiger partial charge on any atom is -0.392 e. The van der Waals surface area contributed by atoms with Crippen LogP contribution in [0.25, 0.3) is 0 Å². The lowest BCUT2D eigenvalue weighted by Crippen LogP contribution is -2.40. The van der Waals surface area contributed by atoms with Gasteiger partial charge >= 0.3 is 0 Å². The molecule has 1 aliphatic rings. The van der Waals surface area contributed by atoms with Crippen molar-refractivity contribution in [3.63, 3.8) is 0 Å². The van der Waals surface area contributed by atoms with Gasteiger partial charge in [0.1, 0.15) is 0 Å². The first kappa shape index (κ1) is 13.4. The fourth-order valence-electron chi connectivity index (χ4n) is 1.62. The molecule has 14 heavy (non-hydrogen) atoms. The maximum absolute atomic E-state index is 9.61. The second kappa shape index (κ2) is 6.82. The largest absolute Gasteiger partial charge is 0.392 e. The predicted octanol–water partition coefficient (Wildman–Crippen LogP) is 1.37. The average Bonchev–Trinajstić information content (AvgIpc) is 2.27. The molecule has 0 aromatic carbocycles. The van der Waals surface area contributed by atoms with Gasteiger partial charge in [-0.15, -0.1) is 0 Å². The molecule has 4 atom stereocenters. The molecule has 84 valence electrons. The van der Waals surface area contributed by atoms with Crippen LogP contribution in [0.4, 0.5) is 0 Å². The molecular weight excluding hydrogens is 410 g/mol. The molecule has 0 bridgehead atoms. The first-order chi connectivity index (χ1) is 6.69. The number of hydrogen-bond acceptors (Lipinski definition) is 3. The summed E-state index contributed by atoms with van der Waals surface area (Å²) in [5.41, 5.74) is 0. The summed E-state index contributed by atoms with van der Waals surface area (Å²) >= 11 is 4.35. The van der Waals surface area contributed by atoms with E-state index in [9.17, 15) is 10.2 Å². The van der Waals surface area contributed by atoms with Crippen molar-refractivity contribution in [2.24, 2.45) is 5.92 Å². The van der Waals surface area contributed by atoms with Gasteiger partial charge in [-0.05, 0) is 12.8 Å². The van der Waals surface area contributed by atoms with Gasteiger partial charge in [-0.3, -0.25) is 0 Å². The van der Waals surface area contributed by atoms with Crippen LogP contribution < -0.4 is 0 Å². The van der Waals surface area contributed by atoms with Crippen molar-refractivity contribution in [2.75, 3.05) is 15.5 Å². The zero-order chi connectivity index (χ0) is 10.6. The van der Waals surface area contributed by atoms with E-state index in [0.29, 0.717) is 11.0 Å². The van der Waals surface area contributed by atoms with Crippen molar-refractivity contribution in [3.05, 3.63) is 0 Å². The molecule has 0 amide bonds. The van der Waals surface area contributed by atoms with Crippen LogP contribution in [0.2, 0.25) is 0 Å². The molecule has 0 aliphatic carbocycles. The maximum Gasteiger partial charge on any atom is 0.0890 e. The Kier molecular flexibility index (Phi) is 6.53. The molecule has 1 saturated heterocycles. The Labute approximate surface area is 112 Å². The third kappa shape index (κ3) is 3.73. The Morgan fingerprint density at radius 2 is 1.79 bits per heavy atom. The summed E-state index contributed by atoms with van der Waals surface area (Å²) < 4.78 is 7.01. The molecule has 0 aromatic heterocycles. The predicted molar refractivity (Wildman–Crippen MR) is 72.3 cm³/mol. The van der Waals surface area contributed by atoms with Gasteiger partial charge in [0.25, 0.3) is 0 Å². The van der Waals surface area contributed by atoms with E-state index in [4.69, 9.17) is 4.74 Å². The average molecular weight is 426 g/mol. The van der Waals surface area contributed by atoms with Gasteiger partial charge in [0.15, 0.2) is 0 Å². The third-order valence-electron chi connectivity index (χ3n) is 2.64. The highest BCUT2D eigenvalue weighted by Crippen LogP contribution is 2.24. The molecule has 2 N–H and O–H groups in total. The van der Waals surface area contributed by atoms with Gasteiger partial charge in [-0.1, -0.05) is 45.2 Å². The fraction of sp³-hybridized carbons (Fsp3) is 1.00. The number of ether oxygens (including phenoxy) is 1. The van der Waals surface area contributed by atoms with Gasteiger partial charge < -0.3 is 14.9 Å². The van der Waals surface area contributed by atoms with Crippen LogP contribution in [-0.2, 0) is 4.74 Å². The van der Waals surface area contributed by atoms with Crippen LogP contribution in [0.15, 0.2) is 0 Å². The molecular formula is C9H16I2O3. The van der Waals surface area contributed by atoms with E-state index in [1.807, 2.05) is 0 Å². The van der Waals surface area contributed by atoms with E-state index in [1.165, 1.54) is 0 Å². The van der Waals surface area contributed by atoms with Crippen LogP contribution in [-0.4, -0.2) is 44.0 Å². The summed E-state index contributed by atoms with van der Waals surface area (Å²) in [5, 5.41) is 19.2. The summed E-state index contributed by atoms with van der Waals surface area (Å²) in [7, 11) is 0. The highest BCUT2D eigenvalue weighted by atomic mass is 127. The Balaban J connectivity index is 2.31. The van der Waals surface area contributed by atoms with Crippen LogP contribution >= 0.6 is 45.2 Å². The second-order valence-corrected chi connectivity index (χ2v) is 5.41. The molecule has 1 aliphatic heterocycles. The summed E-state index contributed by atoms with van der Waals surface area (Å²) in [6.07, 6.45) is 1.19. The summed E-state index contributed by atoms with van der Waals surface area (Å²) in [4.78, 5) is 0. The minimum atomic E-state index is -0.353. The van der Waals surface area contributed by atoms with E-state index in [0.717, 1.165) is 17.3 Å². The van der Waals surface area contributed by atoms with Gasteiger partial charge in [-0.25, -0.2) is 0 Å². The smallest absolute Gasteiger partial charge is 0.0890 e. The topological polar surface area (TPSA) is 49.7 Å². The summed E-state index contributed by atoms with van der Waals surface area (Å²) in [5.74, 6) is 0.254. The van der Waals surface area contributed by atoms with Crippen LogP contribution in [0.1, 0.15) is 12.8 Å². The monoisotopic (exact) mass is 426 g/mol. The van der Waals surface area contributed by atoms with E-state index in [2.05, 4.69) is 45.2 Å². The number of aliphatic hydroxyl groups is 2. The zero-order valence-electron chi connectivity index (χ0n) is 7.90. The van der Waals surface area contributed by atoms with Gasteiger partial charge in [0.05, 0.1) is 24.9 Å². The Morgan fingerprint density at radius 3 is 2.21 bits per heavy atom. The molecule has 5 heteroatoms. The SMILES string of the molecule is OC(CI)C1CCC(C(O)CI)OC1. The lowest BCUT2D eigenvalue weighted by atomic mass is 9.93. The Hall–Kier alpha value is 1.34. The first-order valence-corrected chi connectivity index (χ1v) is 7.83. The molecule has 0 radical (unpaired) electrons. The van der Waals surface area contributed by atoms with Crippen molar-refractivity contribution in [1.29, 1.82) is 0 Å². The number of alkyl halides is 2. The molecule has 1 rings (SSSR count). The zero-order valence-corrected chi connectivity index (χ0v) is 12.2.